The average Bonchev–Trinajstić information content (AvgIpc) is 2.99. The summed E-state index contributed by atoms with van der Waals surface area (Å²) < 4.78 is 1.71. The van der Waals surface area contributed by atoms with Crippen molar-refractivity contribution < 1.29 is 0 Å². The van der Waals surface area contributed by atoms with Crippen LogP contribution in [0.25, 0.3) is 17.1 Å². The molecule has 0 atom stereocenters. The lowest BCUT2D eigenvalue weighted by atomic mass is 10.1. The minimum absolute atomic E-state index is 0.671. The molecule has 0 saturated carbocycles. The second-order valence-corrected chi connectivity index (χ2v) is 5.40. The van der Waals surface area contributed by atoms with Crippen molar-refractivity contribution in [1.82, 2.24) is 20.2 Å². The molecule has 3 aromatic rings. The van der Waals surface area contributed by atoms with Gasteiger partial charge in [0, 0.05) is 31.0 Å². The molecular weight excluding hydrogens is 276 g/mol. The number of rotatable bonds is 3. The van der Waals surface area contributed by atoms with Crippen LogP contribution in [0.4, 0.5) is 11.4 Å². The van der Waals surface area contributed by atoms with E-state index >= 15 is 0 Å². The molecule has 0 saturated heterocycles. The molecule has 6 nitrogen and oxygen atoms in total. The summed E-state index contributed by atoms with van der Waals surface area (Å²) in [4.78, 5) is 2.05. The monoisotopic (exact) mass is 294 g/mol. The first kappa shape index (κ1) is 14.1. The number of hydrogen-bond acceptors (Lipinski definition) is 5. The first-order valence-electron chi connectivity index (χ1n) is 6.99. The van der Waals surface area contributed by atoms with Crippen molar-refractivity contribution in [3.63, 3.8) is 0 Å². The summed E-state index contributed by atoms with van der Waals surface area (Å²) in [7, 11) is 4.01. The zero-order valence-corrected chi connectivity index (χ0v) is 12.9. The van der Waals surface area contributed by atoms with E-state index in [1.807, 2.05) is 68.4 Å². The van der Waals surface area contributed by atoms with Gasteiger partial charge in [-0.25, -0.2) is 0 Å². The summed E-state index contributed by atoms with van der Waals surface area (Å²) in [5, 5.41) is 12.0. The van der Waals surface area contributed by atoms with Crippen LogP contribution >= 0.6 is 0 Å². The molecule has 0 aliphatic rings. The van der Waals surface area contributed by atoms with E-state index in [2.05, 4.69) is 15.5 Å². The number of anilines is 2. The fraction of sp³-hybridized carbons (Fsp3) is 0.188. The fourth-order valence-electron chi connectivity index (χ4n) is 2.21. The molecule has 1 aromatic heterocycles. The maximum Gasteiger partial charge on any atom is 0.187 e. The number of aromatic nitrogens is 4. The Morgan fingerprint density at radius 1 is 1.05 bits per heavy atom. The van der Waals surface area contributed by atoms with Gasteiger partial charge in [-0.2, -0.15) is 4.68 Å². The van der Waals surface area contributed by atoms with E-state index in [1.165, 1.54) is 0 Å². The van der Waals surface area contributed by atoms with E-state index in [1.54, 1.807) is 4.68 Å². The number of aryl methyl sites for hydroxylation is 1. The van der Waals surface area contributed by atoms with Gasteiger partial charge in [-0.05, 0) is 53.2 Å². The van der Waals surface area contributed by atoms with Gasteiger partial charge in [-0.1, -0.05) is 12.1 Å². The molecular formula is C16H18N6. The highest BCUT2D eigenvalue weighted by molar-refractivity contribution is 5.65. The molecule has 0 aliphatic carbocycles. The molecule has 22 heavy (non-hydrogen) atoms. The van der Waals surface area contributed by atoms with Crippen LogP contribution in [0.15, 0.2) is 42.5 Å². The van der Waals surface area contributed by atoms with Gasteiger partial charge in [-0.3, -0.25) is 0 Å². The van der Waals surface area contributed by atoms with Crippen molar-refractivity contribution in [3.8, 4) is 17.1 Å². The topological polar surface area (TPSA) is 72.9 Å². The smallest absolute Gasteiger partial charge is 0.187 e. The number of nitrogen functional groups attached to an aromatic ring is 1. The molecule has 0 bridgehead atoms. The molecule has 2 N–H and O–H groups in total. The number of nitrogens with zero attached hydrogens (tertiary/aromatic N) is 5. The molecule has 0 unspecified atom stereocenters. The van der Waals surface area contributed by atoms with Crippen molar-refractivity contribution in [2.75, 3.05) is 24.7 Å². The van der Waals surface area contributed by atoms with E-state index in [4.69, 9.17) is 5.73 Å². The minimum Gasteiger partial charge on any atom is -0.398 e. The molecule has 0 spiro atoms. The summed E-state index contributed by atoms with van der Waals surface area (Å²) in [6.07, 6.45) is 0. The van der Waals surface area contributed by atoms with E-state index in [0.717, 1.165) is 28.2 Å². The lowest BCUT2D eigenvalue weighted by molar-refractivity contribution is 0.791. The highest BCUT2D eigenvalue weighted by atomic mass is 15.5. The van der Waals surface area contributed by atoms with Gasteiger partial charge in [-0.15, -0.1) is 5.10 Å². The summed E-state index contributed by atoms with van der Waals surface area (Å²) in [6.45, 7) is 1.97. The Labute approximate surface area is 129 Å². The Morgan fingerprint density at radius 2 is 1.77 bits per heavy atom. The first-order valence-corrected chi connectivity index (χ1v) is 6.99. The first-order chi connectivity index (χ1) is 10.6. The molecule has 0 aliphatic heterocycles. The largest absolute Gasteiger partial charge is 0.398 e. The highest BCUT2D eigenvalue weighted by Crippen LogP contribution is 2.24. The van der Waals surface area contributed by atoms with Crippen molar-refractivity contribution >= 4 is 11.4 Å². The van der Waals surface area contributed by atoms with Crippen LogP contribution in [0.5, 0.6) is 0 Å². The molecule has 112 valence electrons. The molecule has 0 amide bonds. The van der Waals surface area contributed by atoms with Gasteiger partial charge in [0.05, 0.1) is 5.69 Å². The second-order valence-electron chi connectivity index (χ2n) is 5.40. The van der Waals surface area contributed by atoms with Crippen molar-refractivity contribution in [1.29, 1.82) is 0 Å². The van der Waals surface area contributed by atoms with Crippen LogP contribution < -0.4 is 10.6 Å². The molecule has 1 heterocycles. The Balaban J connectivity index is 2.03. The molecule has 0 radical (unpaired) electrons. The number of tetrazole rings is 1. The van der Waals surface area contributed by atoms with Crippen LogP contribution in [0.1, 0.15) is 5.56 Å². The Morgan fingerprint density at radius 3 is 2.41 bits per heavy atom. The van der Waals surface area contributed by atoms with Crippen LogP contribution in [-0.2, 0) is 0 Å². The Hall–Kier alpha value is -2.89. The number of hydrogen-bond donors (Lipinski definition) is 1. The second kappa shape index (κ2) is 5.48. The highest BCUT2D eigenvalue weighted by Gasteiger charge is 2.11. The third kappa shape index (κ3) is 2.50. The van der Waals surface area contributed by atoms with E-state index in [-0.39, 0.29) is 0 Å². The Bertz CT molecular complexity index is 789. The average molecular weight is 294 g/mol. The maximum atomic E-state index is 5.99. The van der Waals surface area contributed by atoms with E-state index in [9.17, 15) is 0 Å². The Kier molecular flexibility index (Phi) is 3.50. The lowest BCUT2D eigenvalue weighted by Gasteiger charge is -2.13. The zero-order valence-electron chi connectivity index (χ0n) is 12.9. The van der Waals surface area contributed by atoms with Gasteiger partial charge in [0.1, 0.15) is 0 Å². The molecule has 2 aromatic carbocycles. The van der Waals surface area contributed by atoms with Crippen LogP contribution in [0.2, 0.25) is 0 Å². The third-order valence-electron chi connectivity index (χ3n) is 3.62. The van der Waals surface area contributed by atoms with Crippen molar-refractivity contribution in [3.05, 3.63) is 48.0 Å². The summed E-state index contributed by atoms with van der Waals surface area (Å²) >= 11 is 0. The van der Waals surface area contributed by atoms with Gasteiger partial charge in [0.2, 0.25) is 0 Å². The van der Waals surface area contributed by atoms with Crippen LogP contribution in [0, 0.1) is 6.92 Å². The minimum atomic E-state index is 0.671. The fourth-order valence-corrected chi connectivity index (χ4v) is 2.21. The van der Waals surface area contributed by atoms with Crippen LogP contribution in [-0.4, -0.2) is 34.3 Å². The normalized spacial score (nSPS) is 10.7. The summed E-state index contributed by atoms with van der Waals surface area (Å²) in [6, 6.07) is 13.9. The van der Waals surface area contributed by atoms with Gasteiger partial charge in [0.25, 0.3) is 0 Å². The van der Waals surface area contributed by atoms with Gasteiger partial charge in [0.15, 0.2) is 5.82 Å². The van der Waals surface area contributed by atoms with Gasteiger partial charge < -0.3 is 10.6 Å². The van der Waals surface area contributed by atoms with Crippen LogP contribution in [0.3, 0.4) is 0 Å². The van der Waals surface area contributed by atoms with Crippen molar-refractivity contribution in [2.24, 2.45) is 0 Å². The lowest BCUT2D eigenvalue weighted by Crippen LogP contribution is -2.08. The van der Waals surface area contributed by atoms with E-state index in [0.29, 0.717) is 5.82 Å². The molecule has 0 fully saturated rings. The molecule has 3 rings (SSSR count). The van der Waals surface area contributed by atoms with Crippen molar-refractivity contribution in [2.45, 2.75) is 6.92 Å². The number of nitrogens with two attached hydrogens (primary N) is 1. The quantitative estimate of drug-likeness (QED) is 0.750. The zero-order chi connectivity index (χ0) is 15.7. The predicted octanol–water partition coefficient (Wildman–Crippen LogP) is 2.29. The third-order valence-corrected chi connectivity index (χ3v) is 3.62. The van der Waals surface area contributed by atoms with Gasteiger partial charge >= 0.3 is 0 Å². The standard InChI is InChI=1S/C16H18N6/c1-11-4-5-12(10-15(11)17)16-18-19-20-22(16)14-8-6-13(7-9-14)21(2)3/h4-10H,17H2,1-3H3. The summed E-state index contributed by atoms with van der Waals surface area (Å²) in [5.74, 6) is 0.671. The van der Waals surface area contributed by atoms with E-state index < -0.39 is 0 Å². The summed E-state index contributed by atoms with van der Waals surface area (Å²) in [5.41, 5.74) is 10.7. The molecule has 6 heteroatoms. The SMILES string of the molecule is Cc1ccc(-c2nnnn2-c2ccc(N(C)C)cc2)cc1N. The maximum absolute atomic E-state index is 5.99. The number of benzene rings is 2. The predicted molar refractivity (Wildman–Crippen MR) is 88.1 cm³/mol.